The molecule has 0 unspecified atom stereocenters. The van der Waals surface area contributed by atoms with Gasteiger partial charge in [-0.15, -0.1) is 0 Å². The van der Waals surface area contributed by atoms with Crippen LogP contribution in [0.15, 0.2) is 72.8 Å². The van der Waals surface area contributed by atoms with Crippen molar-refractivity contribution in [3.63, 3.8) is 0 Å². The summed E-state index contributed by atoms with van der Waals surface area (Å²) in [5.41, 5.74) is 5.10. The molecule has 3 aromatic rings. The molecule has 4 nitrogen and oxygen atoms in total. The average Bonchev–Trinajstić information content (AvgIpc) is 2.72. The van der Waals surface area contributed by atoms with Crippen molar-refractivity contribution in [1.82, 2.24) is 0 Å². The summed E-state index contributed by atoms with van der Waals surface area (Å²) in [6.07, 6.45) is 0. The average molecular weight is 568 g/mol. The first-order chi connectivity index (χ1) is 17.0. The second kappa shape index (κ2) is 16.5. The van der Waals surface area contributed by atoms with E-state index < -0.39 is 7.82 Å². The van der Waals surface area contributed by atoms with Gasteiger partial charge in [0.15, 0.2) is 0 Å². The predicted octanol–water partition coefficient (Wildman–Crippen LogP) is 2.51. The van der Waals surface area contributed by atoms with Crippen molar-refractivity contribution in [2.24, 2.45) is 0 Å². The van der Waals surface area contributed by atoms with Gasteiger partial charge in [-0.3, -0.25) is 0 Å². The Hall–Kier alpha value is 0.0687. The van der Waals surface area contributed by atoms with E-state index in [9.17, 15) is 0 Å². The van der Waals surface area contributed by atoms with E-state index in [1.165, 1.54) is 27.8 Å². The molecule has 0 aliphatic rings. The van der Waals surface area contributed by atoms with Gasteiger partial charge < -0.3 is 19.2 Å². The molecule has 0 amide bonds. The van der Waals surface area contributed by atoms with Gasteiger partial charge in [0.2, 0.25) is 0 Å². The summed E-state index contributed by atoms with van der Waals surface area (Å²) in [6, 6.07) is 26.3. The van der Waals surface area contributed by atoms with Crippen molar-refractivity contribution in [3.8, 4) is 0 Å². The minimum atomic E-state index is -5.39. The third-order valence-corrected chi connectivity index (χ3v) is 6.87. The van der Waals surface area contributed by atoms with Gasteiger partial charge in [0.1, 0.15) is 0 Å². The molecule has 0 atom stereocenters. The zero-order valence-electron chi connectivity index (χ0n) is 24.6. The van der Waals surface area contributed by atoms with Crippen LogP contribution in [0.4, 0.5) is 0 Å². The van der Waals surface area contributed by atoms with Crippen LogP contribution < -0.4 is 25.8 Å². The summed E-state index contributed by atoms with van der Waals surface area (Å²) < 4.78 is 12.6. The van der Waals surface area contributed by atoms with Crippen LogP contribution in [0.3, 0.4) is 0 Å². The first-order valence-electron chi connectivity index (χ1n) is 12.5. The topological polar surface area (TPSA) is 86.2 Å². The van der Waals surface area contributed by atoms with E-state index in [-0.39, 0.29) is 16.2 Å². The predicted molar refractivity (Wildman–Crippen MR) is 159 cm³/mol. The molecule has 0 fully saturated rings. The minimum Gasteiger partial charge on any atom is -0.822 e. The van der Waals surface area contributed by atoms with E-state index in [0.717, 1.165) is 0 Å². The second-order valence-electron chi connectivity index (χ2n) is 12.3. The van der Waals surface area contributed by atoms with Crippen LogP contribution in [0.2, 0.25) is 0 Å². The first-order valence-corrected chi connectivity index (χ1v) is 16.1. The molecule has 194 valence electrons. The second-order valence-corrected chi connectivity index (χ2v) is 15.6. The van der Waals surface area contributed by atoms with Crippen molar-refractivity contribution >= 4 is 84.0 Å². The molecule has 0 saturated carbocycles. The summed E-state index contributed by atoms with van der Waals surface area (Å²) in [5.74, 6) is 0. The van der Waals surface area contributed by atoms with Gasteiger partial charge in [0.05, 0.1) is 0 Å². The fourth-order valence-electron chi connectivity index (χ4n) is 3.01. The van der Waals surface area contributed by atoms with Crippen molar-refractivity contribution in [2.45, 2.75) is 78.6 Å². The van der Waals surface area contributed by atoms with E-state index in [2.05, 4.69) is 135 Å². The SMILES string of the molecule is CC(C)(C)c1cc[c]([Mg+])cc1.CC(C)(C)c1cc[c]([Mg+])cc1.CC(C)(C)c1cc[c]([Mg+])cc1.O=P([O-])([O-])[O-]. The number of hydrogen-bond acceptors (Lipinski definition) is 4. The molecule has 3 rings (SSSR count). The fraction of sp³-hybridized carbons (Fsp3) is 0.400. The van der Waals surface area contributed by atoms with Gasteiger partial charge in [0.25, 0.3) is 0 Å². The largest absolute Gasteiger partial charge is 0.822 e. The Morgan fingerprint density at radius 1 is 0.447 bits per heavy atom. The minimum absolute atomic E-state index is 0.289. The van der Waals surface area contributed by atoms with Gasteiger partial charge >= 0.3 is 244 Å². The maximum absolute atomic E-state index is 8.55. The fourth-order valence-corrected chi connectivity index (χ4v) is 3.72. The van der Waals surface area contributed by atoms with Gasteiger partial charge in [-0.25, -0.2) is 0 Å². The standard InChI is InChI=1S/3C10H13.3Mg.H3O4P/c3*1-10(2,3)9-7-5-4-6-8-9;;;;1-5(2,3)4/h3*5-8H,1-3H3;;;;(H3,1,2,3,4)/q;;;3*+1;/p-3. The van der Waals surface area contributed by atoms with Crippen LogP contribution in [0.1, 0.15) is 79.0 Å². The molecule has 0 aromatic heterocycles. The molecule has 8 heteroatoms. The van der Waals surface area contributed by atoms with E-state index in [1.807, 2.05) is 65.1 Å². The Morgan fingerprint density at radius 3 is 0.684 bits per heavy atom. The van der Waals surface area contributed by atoms with Crippen LogP contribution in [0, 0.1) is 0 Å². The molecular formula is C30H39Mg3O4P. The summed E-state index contributed by atoms with van der Waals surface area (Å²) in [6.45, 7) is 20.1. The van der Waals surface area contributed by atoms with Crippen molar-refractivity contribution in [3.05, 3.63) is 89.5 Å². The molecule has 0 heterocycles. The zero-order valence-corrected chi connectivity index (χ0v) is 29.8. The summed E-state index contributed by atoms with van der Waals surface area (Å²) in [4.78, 5) is 25.6. The Labute approximate surface area is 269 Å². The van der Waals surface area contributed by atoms with E-state index >= 15 is 0 Å². The Kier molecular flexibility index (Phi) is 16.5. The normalized spacial score (nSPS) is 11.7. The number of benzene rings is 3. The van der Waals surface area contributed by atoms with Crippen LogP contribution >= 0.6 is 7.82 Å². The van der Waals surface area contributed by atoms with Crippen molar-refractivity contribution < 1.29 is 19.2 Å². The maximum atomic E-state index is 8.55. The Morgan fingerprint density at radius 2 is 0.579 bits per heavy atom. The molecule has 0 spiro atoms. The number of hydrogen-bond donors (Lipinski definition) is 0. The summed E-state index contributed by atoms with van der Waals surface area (Å²) in [7, 11) is -5.39. The molecule has 0 aliphatic heterocycles. The molecule has 0 aliphatic carbocycles. The van der Waals surface area contributed by atoms with Gasteiger partial charge in [-0.1, -0.05) is 0 Å². The first kappa shape index (κ1) is 38.1. The van der Waals surface area contributed by atoms with Crippen LogP contribution in [0.5, 0.6) is 0 Å². The molecule has 0 saturated heterocycles. The summed E-state index contributed by atoms with van der Waals surface area (Å²) >= 11 is 5.78. The molecule has 0 radical (unpaired) electrons. The quantitative estimate of drug-likeness (QED) is 0.309. The molecule has 0 N–H and O–H groups in total. The monoisotopic (exact) mass is 566 g/mol. The van der Waals surface area contributed by atoms with E-state index in [4.69, 9.17) is 19.2 Å². The van der Waals surface area contributed by atoms with E-state index in [1.54, 1.807) is 0 Å². The van der Waals surface area contributed by atoms with Crippen LogP contribution in [-0.2, 0) is 20.8 Å². The van der Waals surface area contributed by atoms with Crippen LogP contribution in [-0.4, -0.2) is 65.1 Å². The third-order valence-electron chi connectivity index (χ3n) is 5.46. The maximum Gasteiger partial charge on any atom is -0.159 e. The molecule has 3 aromatic carbocycles. The molecule has 0 bridgehead atoms. The number of rotatable bonds is 0. The van der Waals surface area contributed by atoms with Gasteiger partial charge in [-0.05, 0) is 0 Å². The Bertz CT molecular complexity index is 979. The molecular weight excluding hydrogens is 528 g/mol. The number of phosphoric acid groups is 1. The zero-order chi connectivity index (χ0) is 29.9. The third kappa shape index (κ3) is 19.2. The smallest absolute Gasteiger partial charge is 0.159 e. The van der Waals surface area contributed by atoms with Crippen molar-refractivity contribution in [2.75, 3.05) is 0 Å². The molecule has 38 heavy (non-hydrogen) atoms. The van der Waals surface area contributed by atoms with Gasteiger partial charge in [-0.2, -0.15) is 7.82 Å². The summed E-state index contributed by atoms with van der Waals surface area (Å²) in [5, 5.41) is 0. The van der Waals surface area contributed by atoms with Gasteiger partial charge in [0, 0.05) is 0 Å². The Balaban J connectivity index is 0.000000497. The van der Waals surface area contributed by atoms with E-state index in [0.29, 0.717) is 0 Å². The van der Waals surface area contributed by atoms with Crippen LogP contribution in [0.25, 0.3) is 0 Å². The van der Waals surface area contributed by atoms with Crippen molar-refractivity contribution in [1.29, 1.82) is 0 Å².